The molecular formula is C16H21N3O5. The molecule has 8 heteroatoms. The zero-order valence-electron chi connectivity index (χ0n) is 13.6. The standard InChI is InChI=1S/C16H21N3O5/c1-22-13-4-2-3-12(9-13)19-11-14(24-16(19)21)10-17-15(20)18-5-7-23-8-6-18/h2-4,9,14H,5-8,10-11H2,1H3,(H,17,20). The lowest BCUT2D eigenvalue weighted by Crippen LogP contribution is -2.48. The van der Waals surface area contributed by atoms with Crippen LogP contribution in [0, 0.1) is 0 Å². The Morgan fingerprint density at radius 3 is 2.92 bits per heavy atom. The van der Waals surface area contributed by atoms with E-state index in [9.17, 15) is 9.59 Å². The fourth-order valence-corrected chi connectivity index (χ4v) is 2.70. The van der Waals surface area contributed by atoms with Crippen molar-refractivity contribution in [3.05, 3.63) is 24.3 Å². The van der Waals surface area contributed by atoms with E-state index in [1.165, 1.54) is 4.90 Å². The Labute approximate surface area is 140 Å². The molecule has 0 spiro atoms. The second-order valence-electron chi connectivity index (χ2n) is 5.60. The largest absolute Gasteiger partial charge is 0.497 e. The molecule has 0 saturated carbocycles. The highest BCUT2D eigenvalue weighted by atomic mass is 16.6. The van der Waals surface area contributed by atoms with Crippen molar-refractivity contribution in [1.82, 2.24) is 10.2 Å². The molecule has 2 saturated heterocycles. The van der Waals surface area contributed by atoms with Gasteiger partial charge < -0.3 is 24.4 Å². The highest BCUT2D eigenvalue weighted by Gasteiger charge is 2.33. The SMILES string of the molecule is COc1cccc(N2CC(CNC(=O)N3CCOCC3)OC2=O)c1. The number of hydrogen-bond donors (Lipinski definition) is 1. The first-order chi connectivity index (χ1) is 11.7. The number of hydrogen-bond acceptors (Lipinski definition) is 5. The van der Waals surface area contributed by atoms with E-state index in [-0.39, 0.29) is 18.7 Å². The van der Waals surface area contributed by atoms with Crippen LogP contribution in [0.25, 0.3) is 0 Å². The van der Waals surface area contributed by atoms with Crippen LogP contribution in [-0.4, -0.2) is 69.6 Å². The fourth-order valence-electron chi connectivity index (χ4n) is 2.70. The molecule has 3 amide bonds. The van der Waals surface area contributed by atoms with E-state index in [4.69, 9.17) is 14.2 Å². The van der Waals surface area contributed by atoms with Gasteiger partial charge in [0.25, 0.3) is 0 Å². The summed E-state index contributed by atoms with van der Waals surface area (Å²) in [7, 11) is 1.57. The summed E-state index contributed by atoms with van der Waals surface area (Å²) in [6.07, 6.45) is -0.803. The summed E-state index contributed by atoms with van der Waals surface area (Å²) in [5.74, 6) is 0.671. The van der Waals surface area contributed by atoms with Gasteiger partial charge in [-0.15, -0.1) is 0 Å². The number of urea groups is 1. The van der Waals surface area contributed by atoms with Crippen LogP contribution in [0.1, 0.15) is 0 Å². The molecule has 8 nitrogen and oxygen atoms in total. The Morgan fingerprint density at radius 2 is 2.17 bits per heavy atom. The van der Waals surface area contributed by atoms with Gasteiger partial charge in [0.15, 0.2) is 0 Å². The maximum Gasteiger partial charge on any atom is 0.414 e. The lowest BCUT2D eigenvalue weighted by molar-refractivity contribution is 0.0523. The van der Waals surface area contributed by atoms with E-state index >= 15 is 0 Å². The molecule has 2 aliphatic heterocycles. The summed E-state index contributed by atoms with van der Waals surface area (Å²) in [6.45, 7) is 2.92. The summed E-state index contributed by atoms with van der Waals surface area (Å²) >= 11 is 0. The van der Waals surface area contributed by atoms with Crippen LogP contribution in [0.4, 0.5) is 15.3 Å². The number of carbonyl (C=O) groups excluding carboxylic acids is 2. The fraction of sp³-hybridized carbons (Fsp3) is 0.500. The molecule has 2 heterocycles. The van der Waals surface area contributed by atoms with E-state index in [0.29, 0.717) is 44.3 Å². The summed E-state index contributed by atoms with van der Waals surface area (Å²) < 4.78 is 15.7. The summed E-state index contributed by atoms with van der Waals surface area (Å²) in [6, 6.07) is 7.06. The highest BCUT2D eigenvalue weighted by molar-refractivity contribution is 5.90. The van der Waals surface area contributed by atoms with Gasteiger partial charge in [0.1, 0.15) is 11.9 Å². The van der Waals surface area contributed by atoms with Gasteiger partial charge in [0.05, 0.1) is 39.1 Å². The van der Waals surface area contributed by atoms with E-state index < -0.39 is 6.09 Å². The second kappa shape index (κ2) is 7.39. The minimum Gasteiger partial charge on any atom is -0.497 e. The average Bonchev–Trinajstić information content (AvgIpc) is 3.01. The summed E-state index contributed by atoms with van der Waals surface area (Å²) in [5, 5.41) is 2.81. The van der Waals surface area contributed by atoms with Gasteiger partial charge >= 0.3 is 12.1 Å². The Balaban J connectivity index is 1.53. The van der Waals surface area contributed by atoms with Crippen LogP contribution in [0.3, 0.4) is 0 Å². The molecule has 1 aromatic rings. The molecule has 2 aliphatic rings. The number of rotatable bonds is 4. The average molecular weight is 335 g/mol. The number of anilines is 1. The quantitative estimate of drug-likeness (QED) is 0.890. The van der Waals surface area contributed by atoms with Crippen LogP contribution in [0.15, 0.2) is 24.3 Å². The third kappa shape index (κ3) is 3.70. The van der Waals surface area contributed by atoms with Gasteiger partial charge in [-0.2, -0.15) is 0 Å². The van der Waals surface area contributed by atoms with Gasteiger partial charge in [-0.25, -0.2) is 9.59 Å². The van der Waals surface area contributed by atoms with Crippen molar-refractivity contribution in [2.75, 3.05) is 51.4 Å². The van der Waals surface area contributed by atoms with Crippen LogP contribution < -0.4 is 15.0 Å². The van der Waals surface area contributed by atoms with Crippen molar-refractivity contribution < 1.29 is 23.8 Å². The van der Waals surface area contributed by atoms with Crippen molar-refractivity contribution in [3.8, 4) is 5.75 Å². The van der Waals surface area contributed by atoms with E-state index in [1.807, 2.05) is 18.2 Å². The van der Waals surface area contributed by atoms with Gasteiger partial charge in [-0.3, -0.25) is 4.90 Å². The number of ether oxygens (including phenoxy) is 3. The number of amides is 3. The Kier molecular flexibility index (Phi) is 5.05. The first-order valence-electron chi connectivity index (χ1n) is 7.90. The van der Waals surface area contributed by atoms with Gasteiger partial charge in [-0.05, 0) is 12.1 Å². The Morgan fingerprint density at radius 1 is 1.38 bits per heavy atom. The molecule has 1 atom stereocenters. The zero-order chi connectivity index (χ0) is 16.9. The molecule has 1 N–H and O–H groups in total. The molecule has 0 aromatic heterocycles. The summed E-state index contributed by atoms with van der Waals surface area (Å²) in [4.78, 5) is 27.3. The van der Waals surface area contributed by atoms with E-state index in [1.54, 1.807) is 18.1 Å². The van der Waals surface area contributed by atoms with E-state index in [2.05, 4.69) is 5.32 Å². The molecule has 24 heavy (non-hydrogen) atoms. The van der Waals surface area contributed by atoms with E-state index in [0.717, 1.165) is 0 Å². The lowest BCUT2D eigenvalue weighted by Gasteiger charge is -2.27. The maximum absolute atomic E-state index is 12.1. The Bertz CT molecular complexity index is 603. The van der Waals surface area contributed by atoms with Crippen molar-refractivity contribution >= 4 is 17.8 Å². The van der Waals surface area contributed by atoms with Crippen molar-refractivity contribution in [1.29, 1.82) is 0 Å². The van der Waals surface area contributed by atoms with Crippen LogP contribution in [-0.2, 0) is 9.47 Å². The lowest BCUT2D eigenvalue weighted by atomic mass is 10.2. The molecule has 2 fully saturated rings. The number of benzene rings is 1. The molecule has 130 valence electrons. The molecular weight excluding hydrogens is 314 g/mol. The van der Waals surface area contributed by atoms with Crippen LogP contribution in [0.2, 0.25) is 0 Å². The highest BCUT2D eigenvalue weighted by Crippen LogP contribution is 2.25. The number of carbonyl (C=O) groups is 2. The smallest absolute Gasteiger partial charge is 0.414 e. The molecule has 1 unspecified atom stereocenters. The van der Waals surface area contributed by atoms with Gasteiger partial charge in [0.2, 0.25) is 0 Å². The summed E-state index contributed by atoms with van der Waals surface area (Å²) in [5.41, 5.74) is 0.710. The molecule has 1 aromatic carbocycles. The topological polar surface area (TPSA) is 80.3 Å². The number of methoxy groups -OCH3 is 1. The predicted molar refractivity (Wildman–Crippen MR) is 86.4 cm³/mol. The van der Waals surface area contributed by atoms with Crippen molar-refractivity contribution in [2.45, 2.75) is 6.10 Å². The number of cyclic esters (lactones) is 1. The van der Waals surface area contributed by atoms with Crippen LogP contribution >= 0.6 is 0 Å². The second-order valence-corrected chi connectivity index (χ2v) is 5.60. The van der Waals surface area contributed by atoms with Gasteiger partial charge in [0, 0.05) is 19.2 Å². The molecule has 0 radical (unpaired) electrons. The normalized spacial score (nSPS) is 20.7. The van der Waals surface area contributed by atoms with Gasteiger partial charge in [-0.1, -0.05) is 6.07 Å². The number of nitrogens with one attached hydrogen (secondary N) is 1. The third-order valence-corrected chi connectivity index (χ3v) is 4.02. The molecule has 0 aliphatic carbocycles. The predicted octanol–water partition coefficient (Wildman–Crippen LogP) is 1.06. The van der Waals surface area contributed by atoms with Crippen molar-refractivity contribution in [2.24, 2.45) is 0 Å². The first kappa shape index (κ1) is 16.4. The Hall–Kier alpha value is -2.48. The number of nitrogens with zero attached hydrogens (tertiary/aromatic N) is 2. The number of morpholine rings is 1. The third-order valence-electron chi connectivity index (χ3n) is 4.02. The zero-order valence-corrected chi connectivity index (χ0v) is 13.6. The molecule has 0 bridgehead atoms. The monoisotopic (exact) mass is 335 g/mol. The maximum atomic E-state index is 12.1. The minimum atomic E-state index is -0.422. The minimum absolute atomic E-state index is 0.158. The first-order valence-corrected chi connectivity index (χ1v) is 7.90. The van der Waals surface area contributed by atoms with Crippen LogP contribution in [0.5, 0.6) is 5.75 Å². The molecule has 3 rings (SSSR count). The van der Waals surface area contributed by atoms with Crippen molar-refractivity contribution in [3.63, 3.8) is 0 Å².